The minimum atomic E-state index is -0.0975. The second-order valence-corrected chi connectivity index (χ2v) is 7.09. The van der Waals surface area contributed by atoms with E-state index in [0.717, 1.165) is 18.6 Å². The monoisotopic (exact) mass is 300 g/mol. The van der Waals surface area contributed by atoms with Crippen molar-refractivity contribution in [3.8, 4) is 5.75 Å². The SMILES string of the molecule is Cc1ccc(CC(Cl)c2ccc3c(c2)CC(C)(C)O3)cc1. The van der Waals surface area contributed by atoms with E-state index < -0.39 is 0 Å². The lowest BCUT2D eigenvalue weighted by atomic mass is 9.97. The van der Waals surface area contributed by atoms with Crippen LogP contribution in [0.15, 0.2) is 42.5 Å². The molecule has 110 valence electrons. The van der Waals surface area contributed by atoms with E-state index in [9.17, 15) is 0 Å². The van der Waals surface area contributed by atoms with E-state index in [1.807, 2.05) is 0 Å². The van der Waals surface area contributed by atoms with Gasteiger partial charge in [-0.05, 0) is 49.9 Å². The highest BCUT2D eigenvalue weighted by Gasteiger charge is 2.30. The summed E-state index contributed by atoms with van der Waals surface area (Å²) in [4.78, 5) is 0. The Morgan fingerprint density at radius 1 is 1.14 bits per heavy atom. The van der Waals surface area contributed by atoms with Gasteiger partial charge in [0.1, 0.15) is 11.4 Å². The topological polar surface area (TPSA) is 9.23 Å². The predicted molar refractivity (Wildman–Crippen MR) is 88.3 cm³/mol. The maximum atomic E-state index is 6.61. The highest BCUT2D eigenvalue weighted by Crippen LogP contribution is 2.37. The largest absolute Gasteiger partial charge is 0.487 e. The summed E-state index contributed by atoms with van der Waals surface area (Å²) in [5, 5.41) is 0.00159. The molecule has 0 bridgehead atoms. The van der Waals surface area contributed by atoms with E-state index in [-0.39, 0.29) is 11.0 Å². The fraction of sp³-hybridized carbons (Fsp3) is 0.368. The van der Waals surface area contributed by atoms with Crippen LogP contribution in [0.25, 0.3) is 0 Å². The van der Waals surface area contributed by atoms with E-state index >= 15 is 0 Å². The summed E-state index contributed by atoms with van der Waals surface area (Å²) >= 11 is 6.61. The molecule has 0 N–H and O–H groups in total. The zero-order valence-corrected chi connectivity index (χ0v) is 13.6. The molecule has 0 saturated carbocycles. The van der Waals surface area contributed by atoms with Gasteiger partial charge in [-0.1, -0.05) is 42.0 Å². The Morgan fingerprint density at radius 2 is 1.86 bits per heavy atom. The Kier molecular flexibility index (Phi) is 3.71. The van der Waals surface area contributed by atoms with Gasteiger partial charge in [0.2, 0.25) is 0 Å². The summed E-state index contributed by atoms with van der Waals surface area (Å²) in [5.41, 5.74) is 4.91. The predicted octanol–water partition coefficient (Wildman–Crippen LogP) is 5.23. The normalized spacial score (nSPS) is 17.1. The summed E-state index contributed by atoms with van der Waals surface area (Å²) in [6.07, 6.45) is 1.80. The summed E-state index contributed by atoms with van der Waals surface area (Å²) in [5.74, 6) is 1.00. The van der Waals surface area contributed by atoms with Crippen molar-refractivity contribution in [1.29, 1.82) is 0 Å². The van der Waals surface area contributed by atoms with Crippen molar-refractivity contribution in [3.05, 3.63) is 64.7 Å². The van der Waals surface area contributed by atoms with Crippen LogP contribution in [0.4, 0.5) is 0 Å². The van der Waals surface area contributed by atoms with Crippen LogP contribution in [0.1, 0.15) is 41.5 Å². The molecule has 2 heteroatoms. The van der Waals surface area contributed by atoms with Crippen LogP contribution in [0, 0.1) is 6.92 Å². The van der Waals surface area contributed by atoms with Crippen LogP contribution in [-0.4, -0.2) is 5.60 Å². The number of hydrogen-bond donors (Lipinski definition) is 0. The Balaban J connectivity index is 1.77. The van der Waals surface area contributed by atoms with Gasteiger partial charge in [-0.3, -0.25) is 0 Å². The zero-order chi connectivity index (χ0) is 15.0. The molecular formula is C19H21ClO. The van der Waals surface area contributed by atoms with Gasteiger partial charge in [0.25, 0.3) is 0 Å². The van der Waals surface area contributed by atoms with Crippen LogP contribution < -0.4 is 4.74 Å². The Morgan fingerprint density at radius 3 is 2.57 bits per heavy atom. The van der Waals surface area contributed by atoms with Crippen LogP contribution in [0.3, 0.4) is 0 Å². The van der Waals surface area contributed by atoms with Gasteiger partial charge < -0.3 is 4.74 Å². The molecule has 1 nitrogen and oxygen atoms in total. The average Bonchev–Trinajstić information content (AvgIpc) is 2.74. The van der Waals surface area contributed by atoms with Crippen LogP contribution in [0.2, 0.25) is 0 Å². The molecular weight excluding hydrogens is 280 g/mol. The molecule has 1 aliphatic rings. The first kappa shape index (κ1) is 14.5. The van der Waals surface area contributed by atoms with Crippen molar-refractivity contribution in [2.45, 2.75) is 44.6 Å². The Hall–Kier alpha value is -1.47. The van der Waals surface area contributed by atoms with Gasteiger partial charge in [-0.2, -0.15) is 0 Å². The number of ether oxygens (including phenoxy) is 1. The Labute approximate surface area is 131 Å². The molecule has 1 atom stereocenters. The van der Waals surface area contributed by atoms with E-state index in [2.05, 4.69) is 63.2 Å². The molecule has 2 aromatic carbocycles. The molecule has 0 aromatic heterocycles. The lowest BCUT2D eigenvalue weighted by Crippen LogP contribution is -2.24. The molecule has 0 radical (unpaired) electrons. The lowest BCUT2D eigenvalue weighted by molar-refractivity contribution is 0.138. The first-order valence-corrected chi connectivity index (χ1v) is 7.88. The highest BCUT2D eigenvalue weighted by molar-refractivity contribution is 6.20. The average molecular weight is 301 g/mol. The van der Waals surface area contributed by atoms with Crippen molar-refractivity contribution < 1.29 is 4.74 Å². The van der Waals surface area contributed by atoms with Crippen molar-refractivity contribution in [1.82, 2.24) is 0 Å². The number of hydrogen-bond acceptors (Lipinski definition) is 1. The van der Waals surface area contributed by atoms with Gasteiger partial charge in [0.05, 0.1) is 5.38 Å². The number of halogens is 1. The van der Waals surface area contributed by atoms with Crippen molar-refractivity contribution in [2.24, 2.45) is 0 Å². The fourth-order valence-electron chi connectivity index (χ4n) is 2.87. The zero-order valence-electron chi connectivity index (χ0n) is 12.8. The molecule has 0 aliphatic carbocycles. The lowest BCUT2D eigenvalue weighted by Gasteiger charge is -2.16. The van der Waals surface area contributed by atoms with Gasteiger partial charge in [-0.25, -0.2) is 0 Å². The maximum absolute atomic E-state index is 6.61. The molecule has 1 heterocycles. The van der Waals surface area contributed by atoms with Crippen LogP contribution in [-0.2, 0) is 12.8 Å². The number of alkyl halides is 1. The van der Waals surface area contributed by atoms with E-state index in [1.165, 1.54) is 22.3 Å². The van der Waals surface area contributed by atoms with Crippen molar-refractivity contribution in [3.63, 3.8) is 0 Å². The van der Waals surface area contributed by atoms with Crippen LogP contribution in [0.5, 0.6) is 5.75 Å². The number of benzene rings is 2. The first-order chi connectivity index (χ1) is 9.93. The molecule has 1 aliphatic heterocycles. The maximum Gasteiger partial charge on any atom is 0.123 e. The molecule has 21 heavy (non-hydrogen) atoms. The molecule has 0 saturated heterocycles. The van der Waals surface area contributed by atoms with Gasteiger partial charge >= 0.3 is 0 Å². The third-order valence-electron chi connectivity index (χ3n) is 3.98. The molecule has 0 spiro atoms. The smallest absolute Gasteiger partial charge is 0.123 e. The van der Waals surface area contributed by atoms with E-state index in [0.29, 0.717) is 0 Å². The summed E-state index contributed by atoms with van der Waals surface area (Å²) < 4.78 is 5.92. The summed E-state index contributed by atoms with van der Waals surface area (Å²) in [6.45, 7) is 6.35. The summed E-state index contributed by atoms with van der Waals surface area (Å²) in [6, 6.07) is 14.9. The van der Waals surface area contributed by atoms with Crippen molar-refractivity contribution >= 4 is 11.6 Å². The van der Waals surface area contributed by atoms with Gasteiger partial charge in [0, 0.05) is 6.42 Å². The van der Waals surface area contributed by atoms with Gasteiger partial charge in [0.15, 0.2) is 0 Å². The standard InChI is InChI=1S/C19H21ClO/c1-13-4-6-14(7-5-13)10-17(20)15-8-9-18-16(11-15)12-19(2,3)21-18/h4-9,11,17H,10,12H2,1-3H3. The highest BCUT2D eigenvalue weighted by atomic mass is 35.5. The van der Waals surface area contributed by atoms with Gasteiger partial charge in [-0.15, -0.1) is 11.6 Å². The minimum Gasteiger partial charge on any atom is -0.487 e. The summed E-state index contributed by atoms with van der Waals surface area (Å²) in [7, 11) is 0. The minimum absolute atomic E-state index is 0.00159. The molecule has 2 aromatic rings. The quantitative estimate of drug-likeness (QED) is 0.705. The Bertz CT molecular complexity index is 643. The van der Waals surface area contributed by atoms with E-state index in [1.54, 1.807) is 0 Å². The molecule has 0 amide bonds. The number of aryl methyl sites for hydroxylation is 1. The second-order valence-electron chi connectivity index (χ2n) is 6.56. The fourth-order valence-corrected chi connectivity index (χ4v) is 3.19. The third-order valence-corrected chi connectivity index (χ3v) is 4.39. The van der Waals surface area contributed by atoms with Crippen LogP contribution >= 0.6 is 11.6 Å². The van der Waals surface area contributed by atoms with E-state index in [4.69, 9.17) is 16.3 Å². The molecule has 0 fully saturated rings. The number of rotatable bonds is 3. The van der Waals surface area contributed by atoms with Crippen molar-refractivity contribution in [2.75, 3.05) is 0 Å². The first-order valence-electron chi connectivity index (χ1n) is 7.44. The molecule has 1 unspecified atom stereocenters. The molecule has 3 rings (SSSR count). The number of fused-ring (bicyclic) bond motifs is 1. The second kappa shape index (κ2) is 5.38. The third kappa shape index (κ3) is 3.24.